The van der Waals surface area contributed by atoms with Crippen LogP contribution in [0.3, 0.4) is 0 Å². The van der Waals surface area contributed by atoms with Crippen molar-refractivity contribution in [2.75, 3.05) is 7.11 Å². The lowest BCUT2D eigenvalue weighted by Crippen LogP contribution is -2.05. The summed E-state index contributed by atoms with van der Waals surface area (Å²) in [5.74, 6) is 0.259. The minimum Gasteiger partial charge on any atom is -0.493 e. The zero-order chi connectivity index (χ0) is 20.6. The first-order chi connectivity index (χ1) is 14.0. The van der Waals surface area contributed by atoms with Gasteiger partial charge in [-0.1, -0.05) is 77.8 Å². The Labute approximate surface area is 179 Å². The second-order valence-electron chi connectivity index (χ2n) is 6.07. The number of benzene rings is 3. The maximum atomic E-state index is 12.2. The van der Waals surface area contributed by atoms with Crippen LogP contribution in [-0.4, -0.2) is 13.1 Å². The molecule has 3 aromatic carbocycles. The number of hydrogen-bond acceptors (Lipinski definition) is 3. The second-order valence-corrected chi connectivity index (χ2v) is 6.92. The summed E-state index contributed by atoms with van der Waals surface area (Å²) in [5.41, 5.74) is 2.68. The molecule has 29 heavy (non-hydrogen) atoms. The lowest BCUT2D eigenvalue weighted by atomic mass is 10.1. The van der Waals surface area contributed by atoms with E-state index >= 15 is 0 Å². The minimum absolute atomic E-state index is 0.334. The Kier molecular flexibility index (Phi) is 7.12. The number of rotatable bonds is 6. The van der Waals surface area contributed by atoms with Crippen molar-refractivity contribution in [3.8, 4) is 11.5 Å². The fraction of sp³-hybridized carbons (Fsp3) is 0.0417. The molecule has 0 aliphatic heterocycles. The first-order valence-corrected chi connectivity index (χ1v) is 9.57. The Morgan fingerprint density at radius 2 is 1.59 bits per heavy atom. The molecule has 0 N–H and O–H groups in total. The third kappa shape index (κ3) is 5.98. The van der Waals surface area contributed by atoms with E-state index in [0.717, 1.165) is 11.1 Å². The molecule has 0 heterocycles. The summed E-state index contributed by atoms with van der Waals surface area (Å²) < 4.78 is 10.8. The highest BCUT2D eigenvalue weighted by molar-refractivity contribution is 6.35. The Morgan fingerprint density at radius 3 is 2.31 bits per heavy atom. The van der Waals surface area contributed by atoms with Gasteiger partial charge in [-0.2, -0.15) is 0 Å². The maximum absolute atomic E-state index is 12.2. The van der Waals surface area contributed by atoms with Crippen LogP contribution in [0.5, 0.6) is 11.5 Å². The highest BCUT2D eigenvalue weighted by Gasteiger charge is 2.09. The van der Waals surface area contributed by atoms with E-state index in [1.54, 1.807) is 30.3 Å². The smallest absolute Gasteiger partial charge is 0.336 e. The standard InChI is InChI=1S/C24H18Cl2O3/c1-28-23-15-18(8-7-17-5-3-2-4-6-17)9-13-22(23)29-24(27)14-11-19-10-12-20(25)16-21(19)26/h2-16H,1H3/b8-7+,14-11+. The molecular formula is C24H18Cl2O3. The van der Waals surface area contributed by atoms with E-state index in [4.69, 9.17) is 32.7 Å². The Morgan fingerprint density at radius 1 is 0.828 bits per heavy atom. The molecule has 3 rings (SSSR count). The van der Waals surface area contributed by atoms with E-state index in [2.05, 4.69) is 0 Å². The number of esters is 1. The van der Waals surface area contributed by atoms with Gasteiger partial charge in [0.1, 0.15) is 0 Å². The zero-order valence-corrected chi connectivity index (χ0v) is 17.2. The van der Waals surface area contributed by atoms with E-state index < -0.39 is 5.97 Å². The third-order valence-corrected chi connectivity index (χ3v) is 4.59. The number of carbonyl (C=O) groups excluding carboxylic acids is 1. The number of carbonyl (C=O) groups is 1. The van der Waals surface area contributed by atoms with E-state index in [1.807, 2.05) is 54.6 Å². The molecule has 3 aromatic rings. The molecule has 0 amide bonds. The lowest BCUT2D eigenvalue weighted by Gasteiger charge is -2.09. The molecule has 3 nitrogen and oxygen atoms in total. The van der Waals surface area contributed by atoms with Crippen LogP contribution in [0.4, 0.5) is 0 Å². The first kappa shape index (κ1) is 20.7. The van der Waals surface area contributed by atoms with Crippen molar-refractivity contribution in [2.45, 2.75) is 0 Å². The highest BCUT2D eigenvalue weighted by Crippen LogP contribution is 2.29. The Hall–Kier alpha value is -3.01. The van der Waals surface area contributed by atoms with Crippen molar-refractivity contribution >= 4 is 47.4 Å². The fourth-order valence-electron chi connectivity index (χ4n) is 2.57. The molecule has 0 fully saturated rings. The average Bonchev–Trinajstić information content (AvgIpc) is 2.73. The molecule has 0 radical (unpaired) electrons. The van der Waals surface area contributed by atoms with Gasteiger partial charge in [0.05, 0.1) is 7.11 Å². The number of hydrogen-bond donors (Lipinski definition) is 0. The number of methoxy groups -OCH3 is 1. The van der Waals surface area contributed by atoms with Gasteiger partial charge in [0.25, 0.3) is 0 Å². The maximum Gasteiger partial charge on any atom is 0.336 e. The van der Waals surface area contributed by atoms with Crippen LogP contribution in [0, 0.1) is 0 Å². The highest BCUT2D eigenvalue weighted by atomic mass is 35.5. The van der Waals surface area contributed by atoms with Crippen molar-refractivity contribution in [3.63, 3.8) is 0 Å². The molecule has 0 spiro atoms. The molecular weight excluding hydrogens is 407 g/mol. The summed E-state index contributed by atoms with van der Waals surface area (Å²) in [6, 6.07) is 20.4. The third-order valence-electron chi connectivity index (χ3n) is 4.03. The van der Waals surface area contributed by atoms with Crippen molar-refractivity contribution in [3.05, 3.63) is 99.5 Å². The normalized spacial score (nSPS) is 11.1. The molecule has 0 aliphatic carbocycles. The van der Waals surface area contributed by atoms with Crippen molar-refractivity contribution in [2.24, 2.45) is 0 Å². The second kappa shape index (κ2) is 9.97. The van der Waals surface area contributed by atoms with Gasteiger partial charge in [-0.05, 0) is 47.0 Å². The van der Waals surface area contributed by atoms with Crippen LogP contribution in [0.2, 0.25) is 10.0 Å². The summed E-state index contributed by atoms with van der Waals surface area (Å²) in [6.07, 6.45) is 6.84. The fourth-order valence-corrected chi connectivity index (χ4v) is 3.04. The Balaban J connectivity index is 1.70. The first-order valence-electron chi connectivity index (χ1n) is 8.81. The minimum atomic E-state index is -0.540. The van der Waals surface area contributed by atoms with E-state index in [1.165, 1.54) is 13.2 Å². The molecule has 0 aliphatic rings. The molecule has 5 heteroatoms. The molecule has 146 valence electrons. The molecule has 0 saturated heterocycles. The molecule has 0 saturated carbocycles. The summed E-state index contributed by atoms with van der Waals surface area (Å²) in [5, 5.41) is 0.981. The van der Waals surface area contributed by atoms with Crippen molar-refractivity contribution in [1.29, 1.82) is 0 Å². The Bertz CT molecular complexity index is 1060. The van der Waals surface area contributed by atoms with Gasteiger partial charge < -0.3 is 9.47 Å². The van der Waals surface area contributed by atoms with Gasteiger partial charge >= 0.3 is 5.97 Å². The SMILES string of the molecule is COc1cc(/C=C/c2ccccc2)ccc1OC(=O)/C=C/c1ccc(Cl)cc1Cl. The lowest BCUT2D eigenvalue weighted by molar-refractivity contribution is -0.129. The predicted octanol–water partition coefficient (Wildman–Crippen LogP) is 6.79. The van der Waals surface area contributed by atoms with Gasteiger partial charge in [0.2, 0.25) is 0 Å². The van der Waals surface area contributed by atoms with Crippen LogP contribution in [0.25, 0.3) is 18.2 Å². The molecule has 0 atom stereocenters. The molecule has 0 aromatic heterocycles. The van der Waals surface area contributed by atoms with E-state index in [0.29, 0.717) is 27.1 Å². The molecule has 0 unspecified atom stereocenters. The van der Waals surface area contributed by atoms with E-state index in [9.17, 15) is 4.79 Å². The van der Waals surface area contributed by atoms with Crippen LogP contribution >= 0.6 is 23.2 Å². The monoisotopic (exact) mass is 424 g/mol. The van der Waals surface area contributed by atoms with Gasteiger partial charge in [0.15, 0.2) is 11.5 Å². The predicted molar refractivity (Wildman–Crippen MR) is 119 cm³/mol. The summed E-state index contributed by atoms with van der Waals surface area (Å²) >= 11 is 12.0. The van der Waals surface area contributed by atoms with Crippen LogP contribution in [0.15, 0.2) is 72.8 Å². The van der Waals surface area contributed by atoms with Gasteiger partial charge in [-0.15, -0.1) is 0 Å². The van der Waals surface area contributed by atoms with Crippen molar-refractivity contribution < 1.29 is 14.3 Å². The van der Waals surface area contributed by atoms with Gasteiger partial charge in [0, 0.05) is 16.1 Å². The van der Waals surface area contributed by atoms with Crippen LogP contribution in [0.1, 0.15) is 16.7 Å². The summed E-state index contributed by atoms with van der Waals surface area (Å²) in [6.45, 7) is 0. The van der Waals surface area contributed by atoms with Crippen molar-refractivity contribution in [1.82, 2.24) is 0 Å². The van der Waals surface area contributed by atoms with Crippen LogP contribution < -0.4 is 9.47 Å². The summed E-state index contributed by atoms with van der Waals surface area (Å²) in [4.78, 5) is 12.2. The van der Waals surface area contributed by atoms with E-state index in [-0.39, 0.29) is 0 Å². The van der Waals surface area contributed by atoms with Crippen LogP contribution in [-0.2, 0) is 4.79 Å². The zero-order valence-electron chi connectivity index (χ0n) is 15.6. The molecule has 0 bridgehead atoms. The number of ether oxygens (including phenoxy) is 2. The van der Waals surface area contributed by atoms with Gasteiger partial charge in [-0.3, -0.25) is 0 Å². The topological polar surface area (TPSA) is 35.5 Å². The largest absolute Gasteiger partial charge is 0.493 e. The average molecular weight is 425 g/mol. The summed E-state index contributed by atoms with van der Waals surface area (Å²) in [7, 11) is 1.53. The number of halogens is 2. The quantitative estimate of drug-likeness (QED) is 0.189. The van der Waals surface area contributed by atoms with Gasteiger partial charge in [-0.25, -0.2) is 4.79 Å².